The zero-order valence-electron chi connectivity index (χ0n) is 11.0. The molecule has 21 heavy (non-hydrogen) atoms. The van der Waals surface area contributed by atoms with Gasteiger partial charge in [0.05, 0.1) is 4.90 Å². The van der Waals surface area contributed by atoms with Gasteiger partial charge in [-0.1, -0.05) is 0 Å². The minimum atomic E-state index is -4.01. The minimum Gasteiger partial charge on any atom is -0.227 e. The number of benzene rings is 1. The van der Waals surface area contributed by atoms with Gasteiger partial charge in [0.1, 0.15) is 11.2 Å². The summed E-state index contributed by atoms with van der Waals surface area (Å²) in [5.41, 5.74) is 0. The highest BCUT2D eigenvalue weighted by atomic mass is 79.9. The number of hydrogen-bond acceptors (Lipinski definition) is 5. The maximum Gasteiger partial charge on any atom is 0.245 e. The first-order valence-corrected chi connectivity index (χ1v) is 11.2. The molecular formula is C11H13BrFNO4S3. The van der Waals surface area contributed by atoms with Crippen LogP contribution in [0.1, 0.15) is 0 Å². The summed E-state index contributed by atoms with van der Waals surface area (Å²) < 4.78 is 63.2. The molecule has 1 unspecified atom stereocenters. The Bertz CT molecular complexity index is 751. The maximum atomic E-state index is 13.1. The Morgan fingerprint density at radius 3 is 2.57 bits per heavy atom. The fourth-order valence-electron chi connectivity index (χ4n) is 1.99. The second kappa shape index (κ2) is 6.15. The van der Waals surface area contributed by atoms with Crippen LogP contribution in [0.5, 0.6) is 0 Å². The molecule has 0 N–H and O–H groups in total. The van der Waals surface area contributed by atoms with Gasteiger partial charge < -0.3 is 0 Å². The van der Waals surface area contributed by atoms with Crippen molar-refractivity contribution in [2.45, 2.75) is 10.3 Å². The van der Waals surface area contributed by atoms with E-state index >= 15 is 0 Å². The highest BCUT2D eigenvalue weighted by Crippen LogP contribution is 2.31. The lowest BCUT2D eigenvalue weighted by atomic mass is 10.3. The molecule has 1 aliphatic rings. The summed E-state index contributed by atoms with van der Waals surface area (Å²) in [4.78, 5) is -0.135. The van der Waals surface area contributed by atoms with Crippen LogP contribution in [-0.4, -0.2) is 50.8 Å². The third kappa shape index (κ3) is 3.61. The third-order valence-electron chi connectivity index (χ3n) is 3.01. The van der Waals surface area contributed by atoms with Gasteiger partial charge in [-0.25, -0.2) is 21.2 Å². The normalized spacial score (nSPS) is 21.4. The van der Waals surface area contributed by atoms with Crippen LogP contribution in [0.3, 0.4) is 0 Å². The fraction of sp³-hybridized carbons (Fsp3) is 0.455. The summed E-state index contributed by atoms with van der Waals surface area (Å²) in [6.45, 7) is 0.106. The van der Waals surface area contributed by atoms with Crippen LogP contribution in [0.15, 0.2) is 27.6 Å². The number of sulfone groups is 1. The molecule has 118 valence electrons. The first-order valence-electron chi connectivity index (χ1n) is 5.87. The lowest BCUT2D eigenvalue weighted by Crippen LogP contribution is -2.49. The lowest BCUT2D eigenvalue weighted by Gasteiger charge is -2.33. The van der Waals surface area contributed by atoms with Gasteiger partial charge >= 0.3 is 0 Å². The van der Waals surface area contributed by atoms with Crippen molar-refractivity contribution in [1.82, 2.24) is 4.31 Å². The molecule has 1 aromatic carbocycles. The second-order valence-electron chi connectivity index (χ2n) is 4.55. The van der Waals surface area contributed by atoms with E-state index in [0.29, 0.717) is 5.75 Å². The monoisotopic (exact) mass is 417 g/mol. The largest absolute Gasteiger partial charge is 0.245 e. The molecule has 1 aromatic rings. The van der Waals surface area contributed by atoms with Crippen molar-refractivity contribution in [1.29, 1.82) is 0 Å². The van der Waals surface area contributed by atoms with Crippen LogP contribution in [0.25, 0.3) is 0 Å². The van der Waals surface area contributed by atoms with Gasteiger partial charge in [-0.3, -0.25) is 0 Å². The first kappa shape index (κ1) is 17.2. The van der Waals surface area contributed by atoms with Gasteiger partial charge in [0.25, 0.3) is 0 Å². The fourth-order valence-corrected chi connectivity index (χ4v) is 8.17. The van der Waals surface area contributed by atoms with E-state index in [9.17, 15) is 21.2 Å². The molecule has 10 heteroatoms. The molecule has 5 nitrogen and oxygen atoms in total. The quantitative estimate of drug-likeness (QED) is 0.748. The zero-order chi connectivity index (χ0) is 15.8. The molecule has 1 aliphatic heterocycles. The average Bonchev–Trinajstić information content (AvgIpc) is 2.37. The van der Waals surface area contributed by atoms with Crippen LogP contribution in [0.2, 0.25) is 0 Å². The van der Waals surface area contributed by atoms with Crippen molar-refractivity contribution >= 4 is 47.6 Å². The lowest BCUT2D eigenvalue weighted by molar-refractivity contribution is 0.404. The van der Waals surface area contributed by atoms with Crippen LogP contribution < -0.4 is 0 Å². The summed E-state index contributed by atoms with van der Waals surface area (Å²) in [6, 6.07) is 3.21. The molecule has 2 rings (SSSR count). The predicted molar refractivity (Wildman–Crippen MR) is 83.9 cm³/mol. The third-order valence-corrected chi connectivity index (χ3v) is 8.67. The Labute approximate surface area is 136 Å². The van der Waals surface area contributed by atoms with Gasteiger partial charge in [0.15, 0.2) is 9.84 Å². The Hall–Kier alpha value is -0.160. The van der Waals surface area contributed by atoms with E-state index < -0.39 is 31.1 Å². The number of halogens is 2. The van der Waals surface area contributed by atoms with Crippen LogP contribution in [0.4, 0.5) is 4.39 Å². The zero-order valence-corrected chi connectivity index (χ0v) is 15.0. The second-order valence-corrected chi connectivity index (χ2v) is 10.6. The minimum absolute atomic E-state index is 0.0768. The van der Waals surface area contributed by atoms with Crippen LogP contribution in [0, 0.1) is 5.82 Å². The van der Waals surface area contributed by atoms with E-state index in [1.165, 1.54) is 11.8 Å². The van der Waals surface area contributed by atoms with E-state index in [2.05, 4.69) is 15.9 Å². The molecule has 0 saturated carbocycles. The predicted octanol–water partition coefficient (Wildman–Crippen LogP) is 1.70. The van der Waals surface area contributed by atoms with Gasteiger partial charge in [-0.15, -0.1) is 0 Å². The van der Waals surface area contributed by atoms with E-state index in [4.69, 9.17) is 0 Å². The van der Waals surface area contributed by atoms with Gasteiger partial charge in [0.2, 0.25) is 10.0 Å². The standard InChI is InChI=1S/C11H13BrFNO4S3/c1-20(15,16)11-7-19-5-4-14(11)21(17,18)10-3-2-8(13)6-9(10)12/h2-3,6,11H,4-5,7H2,1H3. The molecule has 0 bridgehead atoms. The van der Waals surface area contributed by atoms with Crippen molar-refractivity contribution in [2.75, 3.05) is 24.3 Å². The van der Waals surface area contributed by atoms with Crippen molar-refractivity contribution in [2.24, 2.45) is 0 Å². The van der Waals surface area contributed by atoms with Crippen molar-refractivity contribution < 1.29 is 21.2 Å². The Balaban J connectivity index is 2.51. The van der Waals surface area contributed by atoms with Crippen LogP contribution in [-0.2, 0) is 19.9 Å². The topological polar surface area (TPSA) is 71.5 Å². The Kier molecular flexibility index (Phi) is 5.04. The summed E-state index contributed by atoms with van der Waals surface area (Å²) in [7, 11) is -7.57. The average molecular weight is 418 g/mol. The molecule has 0 aromatic heterocycles. The SMILES string of the molecule is CS(=O)(=O)C1CSCCN1S(=O)(=O)c1ccc(F)cc1Br. The molecule has 1 fully saturated rings. The first-order chi connectivity index (χ1) is 9.64. The Morgan fingerprint density at radius 1 is 1.33 bits per heavy atom. The van der Waals surface area contributed by atoms with Crippen molar-refractivity contribution in [3.8, 4) is 0 Å². The molecule has 0 spiro atoms. The number of nitrogens with zero attached hydrogens (tertiary/aromatic N) is 1. The van der Waals surface area contributed by atoms with Gasteiger partial charge in [-0.05, 0) is 34.1 Å². The number of sulfonamides is 1. The summed E-state index contributed by atoms with van der Waals surface area (Å²) in [5.74, 6) is 0.135. The highest BCUT2D eigenvalue weighted by molar-refractivity contribution is 9.10. The van der Waals surface area contributed by atoms with Gasteiger partial charge in [0, 0.05) is 28.8 Å². The van der Waals surface area contributed by atoms with Gasteiger partial charge in [-0.2, -0.15) is 16.1 Å². The van der Waals surface area contributed by atoms with Crippen LogP contribution >= 0.6 is 27.7 Å². The van der Waals surface area contributed by atoms with E-state index in [1.807, 2.05) is 0 Å². The molecule has 0 aliphatic carbocycles. The number of hydrogen-bond donors (Lipinski definition) is 0. The molecular weight excluding hydrogens is 405 g/mol. The van der Waals surface area contributed by atoms with Crippen molar-refractivity contribution in [3.63, 3.8) is 0 Å². The smallest absolute Gasteiger partial charge is 0.227 e. The molecule has 1 saturated heterocycles. The summed E-state index contributed by atoms with van der Waals surface area (Å²) in [5, 5.41) is -1.10. The van der Waals surface area contributed by atoms with Crippen molar-refractivity contribution in [3.05, 3.63) is 28.5 Å². The molecule has 0 amide bonds. The number of thioether (sulfide) groups is 1. The highest BCUT2D eigenvalue weighted by Gasteiger charge is 2.40. The molecule has 1 heterocycles. The maximum absolute atomic E-state index is 13.1. The van der Waals surface area contributed by atoms with E-state index in [-0.39, 0.29) is 21.7 Å². The van der Waals surface area contributed by atoms with E-state index in [0.717, 1.165) is 28.8 Å². The summed E-state index contributed by atoms with van der Waals surface area (Å²) >= 11 is 4.41. The number of rotatable bonds is 3. The molecule has 0 radical (unpaired) electrons. The Morgan fingerprint density at radius 2 is 2.00 bits per heavy atom. The summed E-state index contributed by atoms with van der Waals surface area (Å²) in [6.07, 6.45) is 1.02. The molecule has 1 atom stereocenters. The van der Waals surface area contributed by atoms with E-state index in [1.54, 1.807) is 0 Å².